The molecule has 0 aromatic carbocycles. The summed E-state index contributed by atoms with van der Waals surface area (Å²) >= 11 is 0. The van der Waals surface area contributed by atoms with Crippen molar-refractivity contribution in [2.24, 2.45) is 11.8 Å². The number of carboxylic acids is 1. The number of hydrogen-bond acceptors (Lipinski definition) is 2. The summed E-state index contributed by atoms with van der Waals surface area (Å²) in [4.78, 5) is 22.9. The molecule has 4 atom stereocenters. The third-order valence-electron chi connectivity index (χ3n) is 4.33. The standard InChI is InChI=1S/C13H22N2O3/c1-8-4-2-6-10(8)14-13(18)15-11-7-3-5-9(11)12(16)17/h8-11H,2-7H2,1H3,(H,16,17)(H2,14,15,18). The Balaban J connectivity index is 1.81. The molecule has 0 spiro atoms. The fourth-order valence-corrected chi connectivity index (χ4v) is 3.17. The van der Waals surface area contributed by atoms with E-state index in [9.17, 15) is 9.59 Å². The van der Waals surface area contributed by atoms with E-state index in [-0.39, 0.29) is 18.1 Å². The highest BCUT2D eigenvalue weighted by Crippen LogP contribution is 2.27. The number of hydrogen-bond donors (Lipinski definition) is 3. The second-order valence-electron chi connectivity index (χ2n) is 5.61. The Morgan fingerprint density at radius 1 is 1.00 bits per heavy atom. The van der Waals surface area contributed by atoms with Crippen LogP contribution >= 0.6 is 0 Å². The van der Waals surface area contributed by atoms with Gasteiger partial charge in [-0.1, -0.05) is 19.8 Å². The summed E-state index contributed by atoms with van der Waals surface area (Å²) in [7, 11) is 0. The average Bonchev–Trinajstić information content (AvgIpc) is 2.89. The maximum atomic E-state index is 11.9. The topological polar surface area (TPSA) is 78.4 Å². The van der Waals surface area contributed by atoms with E-state index in [1.165, 1.54) is 0 Å². The number of rotatable bonds is 3. The predicted molar refractivity (Wildman–Crippen MR) is 67.2 cm³/mol. The lowest BCUT2D eigenvalue weighted by atomic mass is 10.0. The lowest BCUT2D eigenvalue weighted by Crippen LogP contribution is -2.49. The van der Waals surface area contributed by atoms with Gasteiger partial charge in [-0.2, -0.15) is 0 Å². The third-order valence-corrected chi connectivity index (χ3v) is 4.33. The van der Waals surface area contributed by atoms with Crippen LogP contribution in [0.25, 0.3) is 0 Å². The minimum Gasteiger partial charge on any atom is -0.481 e. The van der Waals surface area contributed by atoms with E-state index >= 15 is 0 Å². The molecular weight excluding hydrogens is 232 g/mol. The Morgan fingerprint density at radius 3 is 2.22 bits per heavy atom. The van der Waals surface area contributed by atoms with Crippen molar-refractivity contribution in [3.05, 3.63) is 0 Å². The van der Waals surface area contributed by atoms with Crippen molar-refractivity contribution in [3.8, 4) is 0 Å². The minimum absolute atomic E-state index is 0.202. The van der Waals surface area contributed by atoms with Gasteiger partial charge in [0, 0.05) is 12.1 Å². The van der Waals surface area contributed by atoms with E-state index < -0.39 is 11.9 Å². The van der Waals surface area contributed by atoms with Crippen LogP contribution in [-0.4, -0.2) is 29.2 Å². The number of amides is 2. The van der Waals surface area contributed by atoms with Gasteiger partial charge in [0.25, 0.3) is 0 Å². The molecule has 2 aliphatic carbocycles. The summed E-state index contributed by atoms with van der Waals surface area (Å²) in [6, 6.07) is -0.166. The molecular formula is C13H22N2O3. The molecule has 5 heteroatoms. The zero-order chi connectivity index (χ0) is 13.1. The number of aliphatic carboxylic acids is 1. The van der Waals surface area contributed by atoms with E-state index in [2.05, 4.69) is 17.6 Å². The van der Waals surface area contributed by atoms with Crippen LogP contribution in [-0.2, 0) is 4.79 Å². The van der Waals surface area contributed by atoms with E-state index in [1.54, 1.807) is 0 Å². The summed E-state index contributed by atoms with van der Waals surface area (Å²) in [5.41, 5.74) is 0. The van der Waals surface area contributed by atoms with E-state index in [0.717, 1.165) is 32.1 Å². The number of carbonyl (C=O) groups is 2. The Bertz CT molecular complexity index is 332. The molecule has 0 heterocycles. The number of urea groups is 1. The van der Waals surface area contributed by atoms with E-state index in [0.29, 0.717) is 12.3 Å². The first-order valence-electron chi connectivity index (χ1n) is 6.87. The summed E-state index contributed by atoms with van der Waals surface area (Å²) in [6.45, 7) is 2.15. The molecule has 0 radical (unpaired) electrons. The SMILES string of the molecule is CC1CCCC1NC(=O)NC1CCCC1C(=O)O. The van der Waals surface area contributed by atoms with Gasteiger partial charge in [0.05, 0.1) is 5.92 Å². The predicted octanol–water partition coefficient (Wildman–Crippen LogP) is 1.73. The zero-order valence-corrected chi connectivity index (χ0v) is 10.8. The molecule has 0 saturated heterocycles. The molecule has 0 aliphatic heterocycles. The van der Waals surface area contributed by atoms with Crippen LogP contribution in [0.15, 0.2) is 0 Å². The van der Waals surface area contributed by atoms with Crippen molar-refractivity contribution in [1.82, 2.24) is 10.6 Å². The Morgan fingerprint density at radius 2 is 1.61 bits per heavy atom. The number of carbonyl (C=O) groups excluding carboxylic acids is 1. The van der Waals surface area contributed by atoms with Crippen LogP contribution in [0.4, 0.5) is 4.79 Å². The lowest BCUT2D eigenvalue weighted by molar-refractivity contribution is -0.142. The van der Waals surface area contributed by atoms with Crippen molar-refractivity contribution in [2.45, 2.75) is 57.5 Å². The number of carboxylic acid groups (broad SMARTS) is 1. The van der Waals surface area contributed by atoms with Gasteiger partial charge >= 0.3 is 12.0 Å². The Labute approximate surface area is 107 Å². The second kappa shape index (κ2) is 5.59. The van der Waals surface area contributed by atoms with Gasteiger partial charge in [-0.05, 0) is 31.6 Å². The Hall–Kier alpha value is -1.26. The van der Waals surface area contributed by atoms with Crippen molar-refractivity contribution in [3.63, 3.8) is 0 Å². The smallest absolute Gasteiger partial charge is 0.315 e. The van der Waals surface area contributed by atoms with E-state index in [1.807, 2.05) is 0 Å². The van der Waals surface area contributed by atoms with Crippen molar-refractivity contribution in [2.75, 3.05) is 0 Å². The molecule has 2 aliphatic rings. The molecule has 2 rings (SSSR count). The molecule has 3 N–H and O–H groups in total. The first-order chi connectivity index (χ1) is 8.58. The highest BCUT2D eigenvalue weighted by Gasteiger charge is 2.34. The van der Waals surface area contributed by atoms with Gasteiger partial charge in [-0.3, -0.25) is 4.79 Å². The van der Waals surface area contributed by atoms with E-state index in [4.69, 9.17) is 5.11 Å². The highest BCUT2D eigenvalue weighted by molar-refractivity contribution is 5.77. The maximum absolute atomic E-state index is 11.9. The molecule has 2 fully saturated rings. The van der Waals surface area contributed by atoms with Gasteiger partial charge in [-0.15, -0.1) is 0 Å². The molecule has 4 unspecified atom stereocenters. The molecule has 2 saturated carbocycles. The molecule has 0 bridgehead atoms. The normalized spacial score (nSPS) is 35.4. The van der Waals surface area contributed by atoms with Crippen LogP contribution in [0.5, 0.6) is 0 Å². The van der Waals surface area contributed by atoms with Crippen LogP contribution in [0.3, 0.4) is 0 Å². The van der Waals surface area contributed by atoms with Crippen LogP contribution in [0.1, 0.15) is 45.4 Å². The van der Waals surface area contributed by atoms with Crippen LogP contribution < -0.4 is 10.6 Å². The first-order valence-corrected chi connectivity index (χ1v) is 6.87. The van der Waals surface area contributed by atoms with Crippen molar-refractivity contribution >= 4 is 12.0 Å². The van der Waals surface area contributed by atoms with Crippen LogP contribution in [0, 0.1) is 11.8 Å². The highest BCUT2D eigenvalue weighted by atomic mass is 16.4. The molecule has 0 aromatic rings. The third kappa shape index (κ3) is 2.94. The van der Waals surface area contributed by atoms with Crippen molar-refractivity contribution in [1.29, 1.82) is 0 Å². The lowest BCUT2D eigenvalue weighted by Gasteiger charge is -2.22. The monoisotopic (exact) mass is 254 g/mol. The maximum Gasteiger partial charge on any atom is 0.315 e. The fourth-order valence-electron chi connectivity index (χ4n) is 3.17. The molecule has 102 valence electrons. The summed E-state index contributed by atoms with van der Waals surface area (Å²) in [6.07, 6.45) is 5.66. The van der Waals surface area contributed by atoms with Gasteiger partial charge in [0.15, 0.2) is 0 Å². The summed E-state index contributed by atoms with van der Waals surface area (Å²) in [5.74, 6) is -0.696. The first kappa shape index (κ1) is 13.2. The molecule has 18 heavy (non-hydrogen) atoms. The molecule has 5 nitrogen and oxygen atoms in total. The van der Waals surface area contributed by atoms with Gasteiger partial charge in [-0.25, -0.2) is 4.79 Å². The fraction of sp³-hybridized carbons (Fsp3) is 0.846. The van der Waals surface area contributed by atoms with Crippen LogP contribution in [0.2, 0.25) is 0 Å². The summed E-state index contributed by atoms with van der Waals surface area (Å²) in [5, 5.41) is 14.8. The Kier molecular flexibility index (Phi) is 4.09. The molecule has 0 aromatic heterocycles. The average molecular weight is 254 g/mol. The quantitative estimate of drug-likeness (QED) is 0.717. The zero-order valence-electron chi connectivity index (χ0n) is 10.8. The molecule has 2 amide bonds. The van der Waals surface area contributed by atoms with Gasteiger partial charge in [0.2, 0.25) is 0 Å². The summed E-state index contributed by atoms with van der Waals surface area (Å²) < 4.78 is 0. The van der Waals surface area contributed by atoms with Crippen molar-refractivity contribution < 1.29 is 14.7 Å². The number of nitrogens with one attached hydrogen (secondary N) is 2. The van der Waals surface area contributed by atoms with Gasteiger partial charge in [0.1, 0.15) is 0 Å². The second-order valence-corrected chi connectivity index (χ2v) is 5.61. The minimum atomic E-state index is -0.799. The van der Waals surface area contributed by atoms with Gasteiger partial charge < -0.3 is 15.7 Å². The largest absolute Gasteiger partial charge is 0.481 e.